The van der Waals surface area contributed by atoms with Crippen molar-refractivity contribution in [3.8, 4) is 5.75 Å². The van der Waals surface area contributed by atoms with Gasteiger partial charge in [-0.25, -0.2) is 0 Å². The third-order valence-corrected chi connectivity index (χ3v) is 2.80. The van der Waals surface area contributed by atoms with Gasteiger partial charge in [-0.15, -0.1) is 12.4 Å². The predicted octanol–water partition coefficient (Wildman–Crippen LogP) is 3.73. The highest BCUT2D eigenvalue weighted by Gasteiger charge is 1.99. The third-order valence-electron chi connectivity index (χ3n) is 2.80. The van der Waals surface area contributed by atoms with Gasteiger partial charge in [-0.2, -0.15) is 5.10 Å². The maximum Gasteiger partial charge on any atom is 0.148 e. The molecular formula is C15H22ClN3O. The van der Waals surface area contributed by atoms with Crippen LogP contribution in [-0.4, -0.2) is 16.4 Å². The van der Waals surface area contributed by atoms with Crippen molar-refractivity contribution in [2.75, 3.05) is 11.9 Å². The molecule has 1 N–H and O–H groups in total. The molecule has 0 radical (unpaired) electrons. The van der Waals surface area contributed by atoms with E-state index in [1.807, 2.05) is 36.0 Å². The number of nitrogens with one attached hydrogen (secondary N) is 1. The van der Waals surface area contributed by atoms with Gasteiger partial charge in [0.15, 0.2) is 0 Å². The lowest BCUT2D eigenvalue weighted by molar-refractivity contribution is 0.340. The van der Waals surface area contributed by atoms with Crippen molar-refractivity contribution < 1.29 is 4.74 Å². The van der Waals surface area contributed by atoms with E-state index in [0.717, 1.165) is 31.1 Å². The van der Waals surface area contributed by atoms with E-state index in [2.05, 4.69) is 29.5 Å². The van der Waals surface area contributed by atoms with Crippen LogP contribution in [0, 0.1) is 0 Å². The summed E-state index contributed by atoms with van der Waals surface area (Å²) < 4.78 is 7.38. The minimum Gasteiger partial charge on any atom is -0.494 e. The molecule has 0 unspecified atom stereocenters. The molecule has 2 aromatic rings. The normalized spacial score (nSPS) is 9.90. The SMILES string of the molecule is CCCn1ccc(NCc2ccc(OCC)cc2)n1.Cl. The summed E-state index contributed by atoms with van der Waals surface area (Å²) in [5.74, 6) is 1.83. The summed E-state index contributed by atoms with van der Waals surface area (Å²) in [4.78, 5) is 0. The fraction of sp³-hybridized carbons (Fsp3) is 0.400. The van der Waals surface area contributed by atoms with Crippen molar-refractivity contribution >= 4 is 18.2 Å². The zero-order valence-corrected chi connectivity index (χ0v) is 12.8. The third kappa shape index (κ3) is 4.78. The molecule has 0 aliphatic carbocycles. The van der Waals surface area contributed by atoms with Crippen molar-refractivity contribution in [1.29, 1.82) is 0 Å². The molecule has 2 rings (SSSR count). The van der Waals surface area contributed by atoms with E-state index < -0.39 is 0 Å². The molecule has 0 saturated carbocycles. The van der Waals surface area contributed by atoms with E-state index in [1.54, 1.807) is 0 Å². The zero-order chi connectivity index (χ0) is 13.5. The monoisotopic (exact) mass is 295 g/mol. The standard InChI is InChI=1S/C15H21N3O.ClH/c1-3-10-18-11-9-15(17-18)16-12-13-5-7-14(8-6-13)19-4-2;/h5-9,11H,3-4,10,12H2,1-2H3,(H,16,17);1H. The van der Waals surface area contributed by atoms with Gasteiger partial charge in [0.05, 0.1) is 6.61 Å². The summed E-state index contributed by atoms with van der Waals surface area (Å²) in [5.41, 5.74) is 1.22. The van der Waals surface area contributed by atoms with Crippen LogP contribution >= 0.6 is 12.4 Å². The van der Waals surface area contributed by atoms with E-state index in [9.17, 15) is 0 Å². The average Bonchev–Trinajstić information content (AvgIpc) is 2.87. The highest BCUT2D eigenvalue weighted by molar-refractivity contribution is 5.85. The molecular weight excluding hydrogens is 274 g/mol. The molecule has 5 heteroatoms. The average molecular weight is 296 g/mol. The van der Waals surface area contributed by atoms with Crippen molar-refractivity contribution in [3.63, 3.8) is 0 Å². The molecule has 20 heavy (non-hydrogen) atoms. The zero-order valence-electron chi connectivity index (χ0n) is 12.0. The van der Waals surface area contributed by atoms with Gasteiger partial charge in [0, 0.05) is 25.4 Å². The Kier molecular flexibility index (Phi) is 6.94. The molecule has 0 atom stereocenters. The molecule has 110 valence electrons. The van der Waals surface area contributed by atoms with Gasteiger partial charge in [0.25, 0.3) is 0 Å². The number of hydrogen-bond acceptors (Lipinski definition) is 3. The van der Waals surface area contributed by atoms with Crippen molar-refractivity contribution in [2.45, 2.75) is 33.4 Å². The van der Waals surface area contributed by atoms with Crippen LogP contribution in [0.2, 0.25) is 0 Å². The lowest BCUT2D eigenvalue weighted by Crippen LogP contribution is -2.02. The van der Waals surface area contributed by atoms with Crippen LogP contribution < -0.4 is 10.1 Å². The number of aromatic nitrogens is 2. The molecule has 0 aliphatic heterocycles. The minimum absolute atomic E-state index is 0. The van der Waals surface area contributed by atoms with Crippen molar-refractivity contribution in [1.82, 2.24) is 9.78 Å². The predicted molar refractivity (Wildman–Crippen MR) is 84.7 cm³/mol. The number of benzene rings is 1. The molecule has 0 spiro atoms. The highest BCUT2D eigenvalue weighted by atomic mass is 35.5. The molecule has 0 fully saturated rings. The van der Waals surface area contributed by atoms with Crippen molar-refractivity contribution in [3.05, 3.63) is 42.1 Å². The van der Waals surface area contributed by atoms with E-state index in [4.69, 9.17) is 4.74 Å². The number of anilines is 1. The Morgan fingerprint density at radius 3 is 2.55 bits per heavy atom. The van der Waals surface area contributed by atoms with Gasteiger partial charge >= 0.3 is 0 Å². The van der Waals surface area contributed by atoms with E-state index in [-0.39, 0.29) is 12.4 Å². The molecule has 1 aromatic heterocycles. The molecule has 1 aromatic carbocycles. The topological polar surface area (TPSA) is 39.1 Å². The summed E-state index contributed by atoms with van der Waals surface area (Å²) >= 11 is 0. The van der Waals surface area contributed by atoms with Gasteiger partial charge < -0.3 is 10.1 Å². The number of rotatable bonds is 7. The second-order valence-electron chi connectivity index (χ2n) is 4.39. The summed E-state index contributed by atoms with van der Waals surface area (Å²) in [6.45, 7) is 6.57. The first-order chi connectivity index (χ1) is 9.31. The Balaban J connectivity index is 0.00000200. The van der Waals surface area contributed by atoms with Crippen LogP contribution in [0.15, 0.2) is 36.5 Å². The summed E-state index contributed by atoms with van der Waals surface area (Å²) in [6, 6.07) is 10.1. The first kappa shape index (κ1) is 16.4. The van der Waals surface area contributed by atoms with Crippen LogP contribution in [0.25, 0.3) is 0 Å². The van der Waals surface area contributed by atoms with Crippen LogP contribution in [0.5, 0.6) is 5.75 Å². The van der Waals surface area contributed by atoms with E-state index in [1.165, 1.54) is 5.56 Å². The van der Waals surface area contributed by atoms with Crippen molar-refractivity contribution in [2.24, 2.45) is 0 Å². The van der Waals surface area contributed by atoms with Crippen LogP contribution in [0.3, 0.4) is 0 Å². The van der Waals surface area contributed by atoms with Gasteiger partial charge in [0.1, 0.15) is 11.6 Å². The second-order valence-corrected chi connectivity index (χ2v) is 4.39. The van der Waals surface area contributed by atoms with E-state index in [0.29, 0.717) is 6.61 Å². The smallest absolute Gasteiger partial charge is 0.148 e. The summed E-state index contributed by atoms with van der Waals surface area (Å²) in [5, 5.41) is 7.76. The van der Waals surface area contributed by atoms with E-state index >= 15 is 0 Å². The first-order valence-corrected chi connectivity index (χ1v) is 6.81. The van der Waals surface area contributed by atoms with Gasteiger partial charge in [0.2, 0.25) is 0 Å². The van der Waals surface area contributed by atoms with Gasteiger partial charge in [-0.05, 0) is 31.0 Å². The quantitative estimate of drug-likeness (QED) is 0.846. The molecule has 4 nitrogen and oxygen atoms in total. The Labute approximate surface area is 126 Å². The number of ether oxygens (including phenoxy) is 1. The fourth-order valence-electron chi connectivity index (χ4n) is 1.87. The first-order valence-electron chi connectivity index (χ1n) is 6.81. The fourth-order valence-corrected chi connectivity index (χ4v) is 1.87. The lowest BCUT2D eigenvalue weighted by atomic mass is 10.2. The van der Waals surface area contributed by atoms with Crippen LogP contribution in [-0.2, 0) is 13.1 Å². The molecule has 0 aliphatic rings. The molecule has 0 amide bonds. The number of aryl methyl sites for hydroxylation is 1. The summed E-state index contributed by atoms with van der Waals surface area (Å²) in [6.07, 6.45) is 3.10. The van der Waals surface area contributed by atoms with Crippen LogP contribution in [0.1, 0.15) is 25.8 Å². The van der Waals surface area contributed by atoms with Gasteiger partial charge in [-0.1, -0.05) is 19.1 Å². The summed E-state index contributed by atoms with van der Waals surface area (Å²) in [7, 11) is 0. The number of nitrogens with zero attached hydrogens (tertiary/aromatic N) is 2. The largest absolute Gasteiger partial charge is 0.494 e. The number of hydrogen-bond donors (Lipinski definition) is 1. The maximum atomic E-state index is 5.42. The Morgan fingerprint density at radius 1 is 1.15 bits per heavy atom. The minimum atomic E-state index is 0. The second kappa shape index (κ2) is 8.48. The molecule has 1 heterocycles. The Hall–Kier alpha value is -1.68. The number of halogens is 1. The molecule has 0 saturated heterocycles. The van der Waals surface area contributed by atoms with Crippen LogP contribution in [0.4, 0.5) is 5.82 Å². The lowest BCUT2D eigenvalue weighted by Gasteiger charge is -2.06. The Morgan fingerprint density at radius 2 is 1.90 bits per heavy atom. The Bertz CT molecular complexity index is 496. The van der Waals surface area contributed by atoms with Gasteiger partial charge in [-0.3, -0.25) is 4.68 Å². The molecule has 0 bridgehead atoms. The maximum absolute atomic E-state index is 5.42. The highest BCUT2D eigenvalue weighted by Crippen LogP contribution is 2.13.